The molecule has 0 aliphatic rings. The lowest BCUT2D eigenvalue weighted by Gasteiger charge is -2.13. The van der Waals surface area contributed by atoms with Crippen LogP contribution < -0.4 is 10.1 Å². The lowest BCUT2D eigenvalue weighted by Crippen LogP contribution is -1.96. The highest BCUT2D eigenvalue weighted by Gasteiger charge is 2.07. The first-order chi connectivity index (χ1) is 10.2. The maximum Gasteiger partial charge on any atom is 0.145 e. The van der Waals surface area contributed by atoms with Crippen LogP contribution in [0.3, 0.4) is 0 Å². The number of phenolic OH excluding ortho intramolecular Hbond substituents is 1. The minimum atomic E-state index is 0.174. The molecule has 0 aliphatic heterocycles. The number of pyridine rings is 1. The Morgan fingerprint density at radius 3 is 2.71 bits per heavy atom. The summed E-state index contributed by atoms with van der Waals surface area (Å²) in [5.74, 6) is 0.764. The quantitative estimate of drug-likeness (QED) is 0.712. The van der Waals surface area contributed by atoms with Crippen LogP contribution in [0.5, 0.6) is 11.5 Å². The molecule has 1 aromatic heterocycles. The minimum Gasteiger partial charge on any atom is -0.508 e. The summed E-state index contributed by atoms with van der Waals surface area (Å²) in [6.07, 6.45) is 1.77. The second-order valence-electron chi connectivity index (χ2n) is 4.89. The number of hydrogen-bond acceptors (Lipinski definition) is 4. The summed E-state index contributed by atoms with van der Waals surface area (Å²) in [6.45, 7) is 2.05. The number of nitrogens with one attached hydrogen (secondary N) is 1. The van der Waals surface area contributed by atoms with Gasteiger partial charge in [-0.3, -0.25) is 4.98 Å². The molecular formula is C17H16N2O2. The second-order valence-corrected chi connectivity index (χ2v) is 4.89. The largest absolute Gasteiger partial charge is 0.508 e. The zero-order valence-corrected chi connectivity index (χ0v) is 11.9. The van der Waals surface area contributed by atoms with Gasteiger partial charge in [-0.2, -0.15) is 0 Å². The van der Waals surface area contributed by atoms with Gasteiger partial charge in [0.15, 0.2) is 0 Å². The van der Waals surface area contributed by atoms with Crippen molar-refractivity contribution in [1.29, 1.82) is 0 Å². The number of nitrogens with zero attached hydrogens (tertiary/aromatic N) is 1. The van der Waals surface area contributed by atoms with Crippen molar-refractivity contribution in [2.75, 3.05) is 12.4 Å². The highest BCUT2D eigenvalue weighted by molar-refractivity contribution is 5.93. The number of fused-ring (bicyclic) bond motifs is 1. The highest BCUT2D eigenvalue weighted by Crippen LogP contribution is 2.33. The summed E-state index contributed by atoms with van der Waals surface area (Å²) in [7, 11) is 1.58. The molecule has 0 saturated heterocycles. The van der Waals surface area contributed by atoms with E-state index in [0.717, 1.165) is 22.3 Å². The summed E-state index contributed by atoms with van der Waals surface area (Å²) in [4.78, 5) is 4.39. The summed E-state index contributed by atoms with van der Waals surface area (Å²) >= 11 is 0. The molecule has 3 rings (SSSR count). The SMILES string of the molecule is COc1cc(O)ccc1Nc1ccnc2cc(C)ccc12. The van der Waals surface area contributed by atoms with Gasteiger partial charge in [0.05, 0.1) is 18.3 Å². The van der Waals surface area contributed by atoms with Gasteiger partial charge in [0.2, 0.25) is 0 Å². The van der Waals surface area contributed by atoms with E-state index < -0.39 is 0 Å². The molecule has 0 atom stereocenters. The fourth-order valence-corrected chi connectivity index (χ4v) is 2.30. The van der Waals surface area contributed by atoms with Gasteiger partial charge >= 0.3 is 0 Å². The predicted octanol–water partition coefficient (Wildman–Crippen LogP) is 4.00. The number of benzene rings is 2. The van der Waals surface area contributed by atoms with Gasteiger partial charge in [-0.1, -0.05) is 12.1 Å². The predicted molar refractivity (Wildman–Crippen MR) is 84.4 cm³/mol. The van der Waals surface area contributed by atoms with Crippen molar-refractivity contribution < 1.29 is 9.84 Å². The van der Waals surface area contributed by atoms with Crippen LogP contribution in [-0.2, 0) is 0 Å². The van der Waals surface area contributed by atoms with Crippen molar-refractivity contribution in [1.82, 2.24) is 4.98 Å². The molecule has 1 heterocycles. The van der Waals surface area contributed by atoms with Gasteiger partial charge < -0.3 is 15.2 Å². The van der Waals surface area contributed by atoms with Crippen LogP contribution in [0.4, 0.5) is 11.4 Å². The molecule has 0 spiro atoms. The second kappa shape index (κ2) is 5.32. The van der Waals surface area contributed by atoms with Gasteiger partial charge in [0.1, 0.15) is 11.5 Å². The topological polar surface area (TPSA) is 54.4 Å². The third kappa shape index (κ3) is 2.60. The molecule has 0 amide bonds. The van der Waals surface area contributed by atoms with Crippen molar-refractivity contribution in [3.05, 3.63) is 54.2 Å². The Labute approximate surface area is 123 Å². The van der Waals surface area contributed by atoms with Crippen molar-refractivity contribution in [3.8, 4) is 11.5 Å². The molecule has 0 bridgehead atoms. The van der Waals surface area contributed by atoms with Crippen LogP contribution in [0.15, 0.2) is 48.7 Å². The molecule has 0 aliphatic carbocycles. The molecular weight excluding hydrogens is 264 g/mol. The molecule has 4 heteroatoms. The number of hydrogen-bond donors (Lipinski definition) is 2. The van der Waals surface area contributed by atoms with E-state index in [1.54, 1.807) is 31.5 Å². The van der Waals surface area contributed by atoms with E-state index in [0.29, 0.717) is 5.75 Å². The Morgan fingerprint density at radius 2 is 1.90 bits per heavy atom. The fraction of sp³-hybridized carbons (Fsp3) is 0.118. The Kier molecular flexibility index (Phi) is 3.36. The molecule has 4 nitrogen and oxygen atoms in total. The molecule has 3 aromatic rings. The molecule has 0 fully saturated rings. The van der Waals surface area contributed by atoms with E-state index in [1.165, 1.54) is 5.56 Å². The van der Waals surface area contributed by atoms with E-state index in [1.807, 2.05) is 19.1 Å². The number of ether oxygens (including phenoxy) is 1. The number of phenols is 1. The smallest absolute Gasteiger partial charge is 0.145 e. The first-order valence-corrected chi connectivity index (χ1v) is 6.67. The molecule has 2 N–H and O–H groups in total. The summed E-state index contributed by atoms with van der Waals surface area (Å²) in [5.41, 5.74) is 3.86. The van der Waals surface area contributed by atoms with E-state index in [4.69, 9.17) is 4.74 Å². The number of aryl methyl sites for hydroxylation is 1. The van der Waals surface area contributed by atoms with Gasteiger partial charge in [-0.25, -0.2) is 0 Å². The number of methoxy groups -OCH3 is 1. The summed E-state index contributed by atoms with van der Waals surface area (Å²) < 4.78 is 5.29. The molecule has 21 heavy (non-hydrogen) atoms. The number of aromatic nitrogens is 1. The fourth-order valence-electron chi connectivity index (χ4n) is 2.30. The lowest BCUT2D eigenvalue weighted by molar-refractivity contribution is 0.409. The Morgan fingerprint density at radius 1 is 1.05 bits per heavy atom. The maximum absolute atomic E-state index is 9.52. The van der Waals surface area contributed by atoms with Crippen molar-refractivity contribution in [3.63, 3.8) is 0 Å². The lowest BCUT2D eigenvalue weighted by atomic mass is 10.1. The van der Waals surface area contributed by atoms with E-state index in [2.05, 4.69) is 22.4 Å². The van der Waals surface area contributed by atoms with Crippen molar-refractivity contribution in [2.24, 2.45) is 0 Å². The van der Waals surface area contributed by atoms with Crippen LogP contribution in [-0.4, -0.2) is 17.2 Å². The minimum absolute atomic E-state index is 0.174. The Hall–Kier alpha value is -2.75. The average molecular weight is 280 g/mol. The third-order valence-electron chi connectivity index (χ3n) is 3.35. The van der Waals surface area contributed by atoms with Crippen LogP contribution in [0.2, 0.25) is 0 Å². The summed E-state index contributed by atoms with van der Waals surface area (Å²) in [6, 6.07) is 13.1. The molecule has 0 unspecified atom stereocenters. The van der Waals surface area contributed by atoms with Crippen molar-refractivity contribution >= 4 is 22.3 Å². The zero-order chi connectivity index (χ0) is 14.8. The van der Waals surface area contributed by atoms with Crippen LogP contribution in [0, 0.1) is 6.92 Å². The normalized spacial score (nSPS) is 10.6. The van der Waals surface area contributed by atoms with Gasteiger partial charge in [0, 0.05) is 23.3 Å². The molecule has 106 valence electrons. The summed E-state index contributed by atoms with van der Waals surface area (Å²) in [5, 5.41) is 13.9. The van der Waals surface area contributed by atoms with E-state index in [9.17, 15) is 5.11 Å². The van der Waals surface area contributed by atoms with Gasteiger partial charge in [-0.15, -0.1) is 0 Å². The molecule has 0 radical (unpaired) electrons. The third-order valence-corrected chi connectivity index (χ3v) is 3.35. The maximum atomic E-state index is 9.52. The number of anilines is 2. The van der Waals surface area contributed by atoms with Gasteiger partial charge in [0.25, 0.3) is 0 Å². The first kappa shape index (κ1) is 13.2. The van der Waals surface area contributed by atoms with E-state index in [-0.39, 0.29) is 5.75 Å². The van der Waals surface area contributed by atoms with Gasteiger partial charge in [-0.05, 0) is 36.8 Å². The average Bonchev–Trinajstić information content (AvgIpc) is 2.49. The number of aromatic hydroxyl groups is 1. The monoisotopic (exact) mass is 280 g/mol. The van der Waals surface area contributed by atoms with Crippen LogP contribution in [0.25, 0.3) is 10.9 Å². The Bertz CT molecular complexity index is 800. The van der Waals surface area contributed by atoms with E-state index >= 15 is 0 Å². The standard InChI is InChI=1S/C17H16N2O2/c1-11-3-5-13-14(7-8-18-16(13)9-11)19-15-6-4-12(20)10-17(15)21-2/h3-10,20H,1-2H3,(H,18,19). The van der Waals surface area contributed by atoms with Crippen LogP contribution >= 0.6 is 0 Å². The highest BCUT2D eigenvalue weighted by atomic mass is 16.5. The van der Waals surface area contributed by atoms with Crippen molar-refractivity contribution in [2.45, 2.75) is 6.92 Å². The molecule has 2 aromatic carbocycles. The first-order valence-electron chi connectivity index (χ1n) is 6.67. The molecule has 0 saturated carbocycles. The Balaban J connectivity index is 2.06. The number of rotatable bonds is 3. The zero-order valence-electron chi connectivity index (χ0n) is 11.9. The van der Waals surface area contributed by atoms with Crippen LogP contribution in [0.1, 0.15) is 5.56 Å².